The SMILES string of the molecule is CC1OC2(CCN(C)CC2)CC1N(C)O. The van der Waals surface area contributed by atoms with Gasteiger partial charge in [-0.2, -0.15) is 5.06 Å². The van der Waals surface area contributed by atoms with Gasteiger partial charge >= 0.3 is 0 Å². The summed E-state index contributed by atoms with van der Waals surface area (Å²) >= 11 is 0. The zero-order valence-electron chi connectivity index (χ0n) is 9.94. The molecule has 2 aliphatic rings. The molecule has 0 saturated carbocycles. The summed E-state index contributed by atoms with van der Waals surface area (Å²) in [6.45, 7) is 4.27. The Hall–Kier alpha value is -0.160. The van der Waals surface area contributed by atoms with Crippen molar-refractivity contribution in [1.82, 2.24) is 9.96 Å². The van der Waals surface area contributed by atoms with Crippen molar-refractivity contribution in [2.24, 2.45) is 0 Å². The van der Waals surface area contributed by atoms with E-state index in [1.165, 1.54) is 5.06 Å². The first-order chi connectivity index (χ1) is 7.02. The summed E-state index contributed by atoms with van der Waals surface area (Å²) in [5, 5.41) is 10.8. The van der Waals surface area contributed by atoms with Crippen LogP contribution in [-0.4, -0.2) is 60.1 Å². The summed E-state index contributed by atoms with van der Waals surface area (Å²) < 4.78 is 6.08. The van der Waals surface area contributed by atoms with Crippen molar-refractivity contribution < 1.29 is 9.94 Å². The quantitative estimate of drug-likeness (QED) is 0.659. The van der Waals surface area contributed by atoms with Crippen molar-refractivity contribution >= 4 is 0 Å². The molecule has 2 aliphatic heterocycles. The lowest BCUT2D eigenvalue weighted by molar-refractivity contribution is -0.121. The number of hydrogen-bond donors (Lipinski definition) is 1. The van der Waals surface area contributed by atoms with Crippen LogP contribution in [-0.2, 0) is 4.74 Å². The normalized spacial score (nSPS) is 36.6. The second-order valence-corrected chi connectivity index (χ2v) is 5.15. The van der Waals surface area contributed by atoms with Crippen molar-refractivity contribution in [3.05, 3.63) is 0 Å². The van der Waals surface area contributed by atoms with Crippen LogP contribution in [0.1, 0.15) is 26.2 Å². The second-order valence-electron chi connectivity index (χ2n) is 5.15. The van der Waals surface area contributed by atoms with Gasteiger partial charge in [-0.3, -0.25) is 0 Å². The van der Waals surface area contributed by atoms with Crippen LogP contribution < -0.4 is 0 Å². The van der Waals surface area contributed by atoms with E-state index in [4.69, 9.17) is 4.74 Å². The van der Waals surface area contributed by atoms with E-state index in [9.17, 15) is 5.21 Å². The zero-order valence-corrected chi connectivity index (χ0v) is 9.94. The molecular weight excluding hydrogens is 192 g/mol. The lowest BCUT2D eigenvalue weighted by Crippen LogP contribution is -2.43. The van der Waals surface area contributed by atoms with E-state index < -0.39 is 0 Å². The number of nitrogens with zero attached hydrogens (tertiary/aromatic N) is 2. The summed E-state index contributed by atoms with van der Waals surface area (Å²) in [5.74, 6) is 0. The number of likely N-dealkylation sites (N-methyl/N-ethyl adjacent to an activating group) is 1. The van der Waals surface area contributed by atoms with E-state index in [2.05, 4.69) is 18.9 Å². The van der Waals surface area contributed by atoms with E-state index in [1.807, 2.05) is 0 Å². The molecule has 1 N–H and O–H groups in total. The number of piperidine rings is 1. The molecule has 0 aromatic heterocycles. The van der Waals surface area contributed by atoms with E-state index in [-0.39, 0.29) is 17.7 Å². The molecule has 1 spiro atoms. The summed E-state index contributed by atoms with van der Waals surface area (Å²) in [6, 6.07) is 0.161. The zero-order chi connectivity index (χ0) is 11.1. The minimum Gasteiger partial charge on any atom is -0.370 e. The average molecular weight is 214 g/mol. The molecule has 15 heavy (non-hydrogen) atoms. The van der Waals surface area contributed by atoms with Crippen molar-refractivity contribution in [2.45, 2.75) is 43.9 Å². The highest BCUT2D eigenvalue weighted by atomic mass is 16.5. The molecule has 4 nitrogen and oxygen atoms in total. The van der Waals surface area contributed by atoms with Crippen LogP contribution in [0.15, 0.2) is 0 Å². The molecule has 0 aromatic carbocycles. The Morgan fingerprint density at radius 1 is 1.40 bits per heavy atom. The molecule has 2 atom stereocenters. The molecule has 2 fully saturated rings. The van der Waals surface area contributed by atoms with Gasteiger partial charge in [0.25, 0.3) is 0 Å². The first kappa shape index (κ1) is 11.3. The van der Waals surface area contributed by atoms with Crippen LogP contribution in [0.5, 0.6) is 0 Å². The molecule has 2 rings (SSSR count). The van der Waals surface area contributed by atoms with Gasteiger partial charge in [-0.25, -0.2) is 0 Å². The van der Waals surface area contributed by atoms with Crippen LogP contribution in [0.4, 0.5) is 0 Å². The lowest BCUT2D eigenvalue weighted by Gasteiger charge is -2.37. The third-order valence-electron chi connectivity index (χ3n) is 3.94. The monoisotopic (exact) mass is 214 g/mol. The topological polar surface area (TPSA) is 35.9 Å². The van der Waals surface area contributed by atoms with E-state index in [0.29, 0.717) is 0 Å². The largest absolute Gasteiger partial charge is 0.370 e. The third kappa shape index (κ3) is 2.18. The fourth-order valence-electron chi connectivity index (χ4n) is 2.85. The molecule has 0 amide bonds. The Labute approximate surface area is 91.8 Å². The molecule has 0 aliphatic carbocycles. The Balaban J connectivity index is 2.01. The molecule has 0 radical (unpaired) electrons. The summed E-state index contributed by atoms with van der Waals surface area (Å²) in [6.07, 6.45) is 3.30. The predicted molar refractivity (Wildman–Crippen MR) is 58.0 cm³/mol. The van der Waals surface area contributed by atoms with Crippen LogP contribution >= 0.6 is 0 Å². The highest BCUT2D eigenvalue weighted by molar-refractivity contribution is 4.98. The smallest absolute Gasteiger partial charge is 0.0733 e. The van der Waals surface area contributed by atoms with Crippen LogP contribution in [0.25, 0.3) is 0 Å². The minimum absolute atomic E-state index is 0.0353. The summed E-state index contributed by atoms with van der Waals surface area (Å²) in [4.78, 5) is 2.34. The maximum Gasteiger partial charge on any atom is 0.0733 e. The first-order valence-corrected chi connectivity index (χ1v) is 5.80. The average Bonchev–Trinajstić information content (AvgIpc) is 2.50. The Kier molecular flexibility index (Phi) is 3.03. The third-order valence-corrected chi connectivity index (χ3v) is 3.94. The first-order valence-electron chi connectivity index (χ1n) is 5.80. The molecule has 2 unspecified atom stereocenters. The van der Waals surface area contributed by atoms with Crippen molar-refractivity contribution in [2.75, 3.05) is 27.2 Å². The fraction of sp³-hybridized carbons (Fsp3) is 1.00. The van der Waals surface area contributed by atoms with Gasteiger partial charge in [0.05, 0.1) is 17.7 Å². The number of rotatable bonds is 1. The summed E-state index contributed by atoms with van der Waals surface area (Å²) in [5.41, 5.74) is 0.0353. The van der Waals surface area contributed by atoms with Crippen LogP contribution in [0.3, 0.4) is 0 Å². The molecule has 2 saturated heterocycles. The van der Waals surface area contributed by atoms with Gasteiger partial charge in [-0.15, -0.1) is 0 Å². The van der Waals surface area contributed by atoms with Gasteiger partial charge in [0.1, 0.15) is 0 Å². The Morgan fingerprint density at radius 3 is 2.47 bits per heavy atom. The molecule has 4 heteroatoms. The predicted octanol–water partition coefficient (Wildman–Crippen LogP) is 0.949. The number of ether oxygens (including phenoxy) is 1. The molecule has 0 aromatic rings. The van der Waals surface area contributed by atoms with Crippen molar-refractivity contribution in [3.8, 4) is 0 Å². The van der Waals surface area contributed by atoms with Crippen LogP contribution in [0, 0.1) is 0 Å². The van der Waals surface area contributed by atoms with Gasteiger partial charge in [-0.1, -0.05) is 0 Å². The van der Waals surface area contributed by atoms with Gasteiger partial charge in [0, 0.05) is 20.1 Å². The standard InChI is InChI=1S/C11H22N2O2/c1-9-10(13(3)14)8-11(15-9)4-6-12(2)7-5-11/h9-10,14H,4-8H2,1-3H3. The Morgan fingerprint density at radius 2 is 2.00 bits per heavy atom. The van der Waals surface area contributed by atoms with Gasteiger partial charge < -0.3 is 14.8 Å². The molecule has 2 heterocycles. The molecule has 88 valence electrons. The molecule has 0 bridgehead atoms. The molecular formula is C11H22N2O2. The van der Waals surface area contributed by atoms with Crippen molar-refractivity contribution in [1.29, 1.82) is 0 Å². The van der Waals surface area contributed by atoms with E-state index >= 15 is 0 Å². The number of likely N-dealkylation sites (tertiary alicyclic amines) is 1. The highest BCUT2D eigenvalue weighted by Gasteiger charge is 2.46. The van der Waals surface area contributed by atoms with E-state index in [0.717, 1.165) is 32.4 Å². The van der Waals surface area contributed by atoms with Gasteiger partial charge in [-0.05, 0) is 33.2 Å². The lowest BCUT2D eigenvalue weighted by atomic mass is 9.87. The van der Waals surface area contributed by atoms with Crippen LogP contribution in [0.2, 0.25) is 0 Å². The maximum absolute atomic E-state index is 9.53. The number of hydrogen-bond acceptors (Lipinski definition) is 4. The maximum atomic E-state index is 9.53. The highest BCUT2D eigenvalue weighted by Crippen LogP contribution is 2.39. The minimum atomic E-state index is 0.0353. The van der Waals surface area contributed by atoms with Gasteiger partial charge in [0.2, 0.25) is 0 Å². The summed E-state index contributed by atoms with van der Waals surface area (Å²) in [7, 11) is 3.87. The fourth-order valence-corrected chi connectivity index (χ4v) is 2.85. The van der Waals surface area contributed by atoms with E-state index in [1.54, 1.807) is 7.05 Å². The van der Waals surface area contributed by atoms with Crippen molar-refractivity contribution in [3.63, 3.8) is 0 Å². The Bertz CT molecular complexity index is 225. The second kappa shape index (κ2) is 4.01. The number of hydroxylamine groups is 2. The van der Waals surface area contributed by atoms with Gasteiger partial charge in [0.15, 0.2) is 0 Å².